The molecule has 4 rings (SSSR count). The first-order valence-corrected chi connectivity index (χ1v) is 12.3. The Morgan fingerprint density at radius 2 is 1.31 bits per heavy atom. The topological polar surface area (TPSA) is 124 Å². The molecule has 7 nitrogen and oxygen atoms in total. The van der Waals surface area contributed by atoms with E-state index in [9.17, 15) is 29.7 Å². The average Bonchev–Trinajstić information content (AvgIpc) is 2.84. The molecular weight excluding hydrogens is 466 g/mol. The van der Waals surface area contributed by atoms with Crippen LogP contribution >= 0.6 is 11.8 Å². The summed E-state index contributed by atoms with van der Waals surface area (Å²) in [6, 6.07) is 17.5. The van der Waals surface area contributed by atoms with Gasteiger partial charge in [0.2, 0.25) is 0 Å². The van der Waals surface area contributed by atoms with Gasteiger partial charge in [-0.05, 0) is 79.6 Å². The molecule has 1 fully saturated rings. The van der Waals surface area contributed by atoms with Gasteiger partial charge in [0.05, 0.1) is 11.9 Å². The monoisotopic (exact) mass is 492 g/mol. The minimum absolute atomic E-state index is 0.175. The smallest absolute Gasteiger partial charge is 0.0643 e. The Kier molecular flexibility index (Phi) is 9.69. The molecule has 2 heterocycles. The second-order valence-corrected chi connectivity index (χ2v) is 9.30. The number of carboxylic acids is 3. The summed E-state index contributed by atoms with van der Waals surface area (Å²) in [5.74, 6) is -4.03. The van der Waals surface area contributed by atoms with Crippen molar-refractivity contribution in [3.8, 4) is 0 Å². The number of likely N-dealkylation sites (tertiary alicyclic amines) is 1. The first-order valence-electron chi connectivity index (χ1n) is 11.5. The predicted octanol–water partition coefficient (Wildman–Crippen LogP) is 1.01. The number of nitrogens with zero attached hydrogens (tertiary/aromatic N) is 1. The Hall–Kier alpha value is -3.36. The van der Waals surface area contributed by atoms with E-state index >= 15 is 0 Å². The van der Waals surface area contributed by atoms with Crippen molar-refractivity contribution in [2.45, 2.75) is 41.9 Å². The summed E-state index contributed by atoms with van der Waals surface area (Å²) in [5.41, 5.74) is 5.75. The molecule has 2 aliphatic heterocycles. The second-order valence-electron chi connectivity index (χ2n) is 8.22. The molecule has 0 N–H and O–H groups in total. The molecule has 0 unspecified atom stereocenters. The minimum atomic E-state index is -1.55. The molecule has 0 radical (unpaired) electrons. The van der Waals surface area contributed by atoms with E-state index in [4.69, 9.17) is 0 Å². The Labute approximate surface area is 208 Å². The quantitative estimate of drug-likeness (QED) is 0.354. The molecule has 2 aromatic rings. The van der Waals surface area contributed by atoms with Crippen LogP contribution in [0.5, 0.6) is 0 Å². The van der Waals surface area contributed by atoms with Gasteiger partial charge in [0, 0.05) is 28.8 Å². The Morgan fingerprint density at radius 3 is 1.80 bits per heavy atom. The summed E-state index contributed by atoms with van der Waals surface area (Å²) in [5, 5.41) is 29.4. The Bertz CT molecular complexity index is 1070. The number of carbonyl (C=O) groups is 3. The lowest BCUT2D eigenvalue weighted by Gasteiger charge is -2.32. The van der Waals surface area contributed by atoms with Crippen molar-refractivity contribution in [2.75, 3.05) is 19.6 Å². The van der Waals surface area contributed by atoms with E-state index in [0.29, 0.717) is 18.6 Å². The van der Waals surface area contributed by atoms with Crippen LogP contribution in [0.1, 0.15) is 43.2 Å². The number of unbranched alkanes of at least 4 members (excludes halogenated alkanes) is 1. The predicted molar refractivity (Wildman–Crippen MR) is 127 cm³/mol. The molecule has 2 aliphatic rings. The summed E-state index contributed by atoms with van der Waals surface area (Å²) in [7, 11) is 0. The van der Waals surface area contributed by atoms with E-state index in [0.717, 1.165) is 38.9 Å². The van der Waals surface area contributed by atoms with Crippen LogP contribution in [0, 0.1) is 0 Å². The number of carboxylic acid groups (broad SMARTS) is 3. The molecule has 8 heteroatoms. The van der Waals surface area contributed by atoms with Crippen LogP contribution < -0.4 is 15.3 Å². The maximum atomic E-state index is 10.5. The lowest BCUT2D eigenvalue weighted by Crippen LogP contribution is -2.32. The highest BCUT2D eigenvalue weighted by Crippen LogP contribution is 2.47. The summed E-state index contributed by atoms with van der Waals surface area (Å²) < 4.78 is 0. The van der Waals surface area contributed by atoms with Crippen LogP contribution in [0.2, 0.25) is 0 Å². The molecule has 35 heavy (non-hydrogen) atoms. The van der Waals surface area contributed by atoms with Gasteiger partial charge in [0.1, 0.15) is 0 Å². The standard InChI is InChI=1S/C23H25NO2S.C4H4O4/c25-22(26)11-5-6-14-24-15-12-17(13-16-24)23-18-7-1-3-9-20(18)27-21-10-4-2-8-19(21)23;5-3(6)1-2-4(7)8/h1-4,7-10H,5-6,11-16H2,(H,25,26);1-2H,(H,5,6)(H,7,8)/p-3/b;2-1+. The first kappa shape index (κ1) is 26.2. The normalized spacial score (nSPS) is 15.1. The number of piperidine rings is 1. The van der Waals surface area contributed by atoms with Crippen molar-refractivity contribution < 1.29 is 29.7 Å². The largest absolute Gasteiger partial charge is 0.550 e. The molecule has 0 atom stereocenters. The number of hydrogen-bond donors (Lipinski definition) is 0. The van der Waals surface area contributed by atoms with E-state index in [2.05, 4.69) is 53.4 Å². The lowest BCUT2D eigenvalue weighted by molar-refractivity contribution is -0.306. The lowest BCUT2D eigenvalue weighted by atomic mass is 9.88. The van der Waals surface area contributed by atoms with Crippen molar-refractivity contribution in [1.82, 2.24) is 4.90 Å². The van der Waals surface area contributed by atoms with Gasteiger partial charge in [-0.3, -0.25) is 0 Å². The minimum Gasteiger partial charge on any atom is -0.550 e. The number of rotatable bonds is 7. The van der Waals surface area contributed by atoms with Crippen molar-refractivity contribution in [3.63, 3.8) is 0 Å². The zero-order valence-electron chi connectivity index (χ0n) is 19.2. The molecule has 0 aliphatic carbocycles. The number of carbonyl (C=O) groups excluding carboxylic acids is 3. The fraction of sp³-hybridized carbons (Fsp3) is 0.296. The maximum Gasteiger partial charge on any atom is 0.0643 e. The molecule has 0 amide bonds. The van der Waals surface area contributed by atoms with E-state index in [1.54, 1.807) is 5.57 Å². The van der Waals surface area contributed by atoms with Gasteiger partial charge in [-0.15, -0.1) is 0 Å². The highest BCUT2D eigenvalue weighted by molar-refractivity contribution is 7.99. The molecule has 0 saturated carbocycles. The van der Waals surface area contributed by atoms with E-state index < -0.39 is 17.9 Å². The van der Waals surface area contributed by atoms with Gasteiger partial charge in [-0.25, -0.2) is 0 Å². The van der Waals surface area contributed by atoms with Gasteiger partial charge in [0.25, 0.3) is 0 Å². The van der Waals surface area contributed by atoms with Crippen LogP contribution in [0.25, 0.3) is 5.57 Å². The first-order chi connectivity index (χ1) is 16.8. The number of fused-ring (bicyclic) bond motifs is 2. The zero-order chi connectivity index (χ0) is 25.2. The Balaban J connectivity index is 0.000000371. The third-order valence-corrected chi connectivity index (χ3v) is 6.96. The molecule has 0 bridgehead atoms. The van der Waals surface area contributed by atoms with Crippen molar-refractivity contribution in [2.24, 2.45) is 0 Å². The van der Waals surface area contributed by atoms with Crippen LogP contribution in [-0.2, 0) is 14.4 Å². The summed E-state index contributed by atoms with van der Waals surface area (Å²) in [6.45, 7) is 3.10. The van der Waals surface area contributed by atoms with Crippen LogP contribution in [0.4, 0.5) is 0 Å². The van der Waals surface area contributed by atoms with E-state index in [1.165, 1.54) is 26.5 Å². The van der Waals surface area contributed by atoms with Gasteiger partial charge >= 0.3 is 0 Å². The van der Waals surface area contributed by atoms with Gasteiger partial charge in [-0.2, -0.15) is 0 Å². The fourth-order valence-electron chi connectivity index (χ4n) is 4.21. The maximum absolute atomic E-state index is 10.5. The fourth-order valence-corrected chi connectivity index (χ4v) is 5.30. The number of benzene rings is 2. The summed E-state index contributed by atoms with van der Waals surface area (Å²) >= 11 is 1.87. The molecule has 0 aromatic heterocycles. The van der Waals surface area contributed by atoms with Gasteiger partial charge < -0.3 is 34.6 Å². The van der Waals surface area contributed by atoms with Gasteiger partial charge in [0.15, 0.2) is 0 Å². The van der Waals surface area contributed by atoms with Crippen LogP contribution in [0.15, 0.2) is 76.0 Å². The average molecular weight is 493 g/mol. The van der Waals surface area contributed by atoms with Crippen LogP contribution in [0.3, 0.4) is 0 Å². The van der Waals surface area contributed by atoms with Crippen molar-refractivity contribution >= 4 is 35.2 Å². The molecule has 184 valence electrons. The zero-order valence-corrected chi connectivity index (χ0v) is 20.1. The third kappa shape index (κ3) is 7.83. The SMILES string of the molecule is O=C([O-])/C=C/C(=O)[O-].O=C([O-])CCCCN1CCC(=C2c3ccccc3Sc3ccccc32)CC1. The van der Waals surface area contributed by atoms with Crippen LogP contribution in [-0.4, -0.2) is 42.4 Å². The Morgan fingerprint density at radius 1 is 0.800 bits per heavy atom. The molecule has 0 spiro atoms. The summed E-state index contributed by atoms with van der Waals surface area (Å²) in [4.78, 5) is 34.5. The van der Waals surface area contributed by atoms with E-state index in [-0.39, 0.29) is 6.42 Å². The molecule has 2 aromatic carbocycles. The van der Waals surface area contributed by atoms with Gasteiger partial charge in [-0.1, -0.05) is 53.7 Å². The summed E-state index contributed by atoms with van der Waals surface area (Å²) in [6.07, 6.45) is 4.76. The third-order valence-electron chi connectivity index (χ3n) is 5.81. The van der Waals surface area contributed by atoms with Crippen molar-refractivity contribution in [3.05, 3.63) is 77.4 Å². The molecular formula is C27H26NO6S-3. The second kappa shape index (κ2) is 12.9. The van der Waals surface area contributed by atoms with Crippen molar-refractivity contribution in [1.29, 1.82) is 0 Å². The highest BCUT2D eigenvalue weighted by atomic mass is 32.2. The van der Waals surface area contributed by atoms with E-state index in [1.807, 2.05) is 11.8 Å². The highest BCUT2D eigenvalue weighted by Gasteiger charge is 2.25. The molecule has 1 saturated heterocycles. The number of hydrogen-bond acceptors (Lipinski definition) is 8. The number of aliphatic carboxylic acids is 3.